The maximum absolute atomic E-state index is 5.78. The summed E-state index contributed by atoms with van der Waals surface area (Å²) in [7, 11) is -1.45. The molecule has 0 fully saturated rings. The minimum atomic E-state index is -1.45. The van der Waals surface area contributed by atoms with Crippen LogP contribution in [0.15, 0.2) is 0 Å². The van der Waals surface area contributed by atoms with Gasteiger partial charge in [0.15, 0.2) is 0 Å². The van der Waals surface area contributed by atoms with Gasteiger partial charge in [0.1, 0.15) is 0 Å². The molecular formula is C10H25NOSi. The van der Waals surface area contributed by atoms with Crippen molar-refractivity contribution in [1.29, 1.82) is 0 Å². The molecule has 0 aromatic rings. The second-order valence-corrected chi connectivity index (χ2v) is 9.54. The third-order valence-corrected chi connectivity index (χ3v) is 3.98. The van der Waals surface area contributed by atoms with Gasteiger partial charge in [-0.05, 0) is 39.9 Å². The molecule has 3 heteroatoms. The minimum absolute atomic E-state index is 0.0660. The average Bonchev–Trinajstić information content (AvgIpc) is 1.97. The zero-order valence-electron chi connectivity index (χ0n) is 10.0. The molecule has 0 heterocycles. The zero-order valence-corrected chi connectivity index (χ0v) is 11.0. The van der Waals surface area contributed by atoms with Gasteiger partial charge in [0.25, 0.3) is 0 Å². The zero-order chi connectivity index (χ0) is 10.5. The van der Waals surface area contributed by atoms with Crippen molar-refractivity contribution in [2.75, 3.05) is 0 Å². The van der Waals surface area contributed by atoms with Crippen LogP contribution in [0.2, 0.25) is 19.1 Å². The highest BCUT2D eigenvalue weighted by Gasteiger charge is 2.24. The molecule has 2 nitrogen and oxygen atoms in total. The van der Waals surface area contributed by atoms with E-state index in [1.165, 1.54) is 18.9 Å². The van der Waals surface area contributed by atoms with Crippen LogP contribution in [0.3, 0.4) is 0 Å². The lowest BCUT2D eigenvalue weighted by atomic mass is 10.1. The maximum atomic E-state index is 5.78. The van der Waals surface area contributed by atoms with E-state index < -0.39 is 8.32 Å². The fourth-order valence-electron chi connectivity index (χ4n) is 0.945. The van der Waals surface area contributed by atoms with Crippen LogP contribution in [0, 0.1) is 0 Å². The first-order chi connectivity index (χ1) is 5.77. The Bertz CT molecular complexity index is 140. The molecule has 0 spiro atoms. The molecule has 0 atom stereocenters. The van der Waals surface area contributed by atoms with Crippen molar-refractivity contribution in [3.63, 3.8) is 0 Å². The molecule has 0 bridgehead atoms. The van der Waals surface area contributed by atoms with Crippen molar-refractivity contribution < 1.29 is 4.53 Å². The van der Waals surface area contributed by atoms with E-state index in [1.807, 2.05) is 0 Å². The van der Waals surface area contributed by atoms with E-state index in [1.54, 1.807) is 0 Å². The highest BCUT2D eigenvalue weighted by Crippen LogP contribution is 2.15. The van der Waals surface area contributed by atoms with Crippen LogP contribution >= 0.6 is 0 Å². The number of hydrogen-bond acceptors (Lipinski definition) is 2. The molecule has 0 amide bonds. The van der Waals surface area contributed by atoms with Crippen molar-refractivity contribution in [2.45, 2.75) is 65.2 Å². The van der Waals surface area contributed by atoms with Crippen LogP contribution in [0.5, 0.6) is 0 Å². The van der Waals surface area contributed by atoms with E-state index in [4.69, 9.17) is 4.53 Å². The molecule has 0 unspecified atom stereocenters. The maximum Gasteiger partial charge on any atom is 0.214 e. The SMILES string of the molecule is CCCC[Si](C)(C)ONC(C)(C)C. The Labute approximate surface area is 84.1 Å². The molecule has 0 aromatic carbocycles. The van der Waals surface area contributed by atoms with Gasteiger partial charge in [-0.3, -0.25) is 0 Å². The Morgan fingerprint density at radius 2 is 1.77 bits per heavy atom. The van der Waals surface area contributed by atoms with E-state index in [0.29, 0.717) is 0 Å². The third-order valence-electron chi connectivity index (χ3n) is 1.77. The second kappa shape index (κ2) is 5.13. The molecule has 0 aliphatic heterocycles. The summed E-state index contributed by atoms with van der Waals surface area (Å²) < 4.78 is 5.78. The van der Waals surface area contributed by atoms with E-state index in [9.17, 15) is 0 Å². The monoisotopic (exact) mass is 203 g/mol. The second-order valence-electron chi connectivity index (χ2n) is 5.32. The Balaban J connectivity index is 3.75. The number of rotatable bonds is 5. The van der Waals surface area contributed by atoms with Crippen molar-refractivity contribution in [2.24, 2.45) is 0 Å². The predicted octanol–water partition coefficient (Wildman–Crippen LogP) is 3.31. The van der Waals surface area contributed by atoms with Gasteiger partial charge in [0.2, 0.25) is 8.32 Å². The van der Waals surface area contributed by atoms with Gasteiger partial charge in [0.05, 0.1) is 0 Å². The Hall–Kier alpha value is 0.137. The summed E-state index contributed by atoms with van der Waals surface area (Å²) in [6, 6.07) is 1.24. The van der Waals surface area contributed by atoms with Crippen molar-refractivity contribution in [1.82, 2.24) is 5.48 Å². The molecule has 0 aromatic heterocycles. The van der Waals surface area contributed by atoms with Crippen molar-refractivity contribution in [3.05, 3.63) is 0 Å². The lowest BCUT2D eigenvalue weighted by molar-refractivity contribution is 0.109. The van der Waals surface area contributed by atoms with Gasteiger partial charge >= 0.3 is 0 Å². The Morgan fingerprint density at radius 1 is 1.23 bits per heavy atom. The minimum Gasteiger partial charge on any atom is -0.345 e. The fourth-order valence-corrected chi connectivity index (χ4v) is 2.83. The summed E-state index contributed by atoms with van der Waals surface area (Å²) in [5.41, 5.74) is 3.20. The smallest absolute Gasteiger partial charge is 0.214 e. The van der Waals surface area contributed by atoms with Gasteiger partial charge in [-0.15, -0.1) is 0 Å². The van der Waals surface area contributed by atoms with Crippen LogP contribution < -0.4 is 5.48 Å². The molecule has 1 N–H and O–H groups in total. The molecule has 0 aliphatic carbocycles. The van der Waals surface area contributed by atoms with Gasteiger partial charge in [0, 0.05) is 5.54 Å². The van der Waals surface area contributed by atoms with Gasteiger partial charge in [-0.2, -0.15) is 0 Å². The number of hydroxylamine groups is 1. The van der Waals surface area contributed by atoms with Crippen LogP contribution in [-0.2, 0) is 4.53 Å². The van der Waals surface area contributed by atoms with Crippen LogP contribution in [-0.4, -0.2) is 13.9 Å². The largest absolute Gasteiger partial charge is 0.345 e. The van der Waals surface area contributed by atoms with Gasteiger partial charge in [-0.1, -0.05) is 19.8 Å². The first-order valence-electron chi connectivity index (χ1n) is 5.22. The van der Waals surface area contributed by atoms with Crippen molar-refractivity contribution >= 4 is 8.32 Å². The molecule has 0 saturated heterocycles. The van der Waals surface area contributed by atoms with E-state index >= 15 is 0 Å². The summed E-state index contributed by atoms with van der Waals surface area (Å²) in [6.45, 7) is 13.1. The summed E-state index contributed by atoms with van der Waals surface area (Å²) in [6.07, 6.45) is 2.54. The molecule has 0 radical (unpaired) electrons. The Kier molecular flexibility index (Phi) is 5.18. The first-order valence-corrected chi connectivity index (χ1v) is 8.33. The van der Waals surface area contributed by atoms with Crippen molar-refractivity contribution in [3.8, 4) is 0 Å². The molecular weight excluding hydrogens is 178 g/mol. The lowest BCUT2D eigenvalue weighted by Gasteiger charge is -2.29. The predicted molar refractivity (Wildman–Crippen MR) is 61.2 cm³/mol. The summed E-state index contributed by atoms with van der Waals surface area (Å²) in [5.74, 6) is 0. The topological polar surface area (TPSA) is 21.3 Å². The molecule has 0 aliphatic rings. The fraction of sp³-hybridized carbons (Fsp3) is 1.00. The van der Waals surface area contributed by atoms with Crippen LogP contribution in [0.25, 0.3) is 0 Å². The summed E-state index contributed by atoms with van der Waals surface area (Å²) in [4.78, 5) is 0. The van der Waals surface area contributed by atoms with E-state index in [2.05, 4.69) is 46.3 Å². The van der Waals surface area contributed by atoms with Gasteiger partial charge < -0.3 is 4.53 Å². The number of unbranched alkanes of at least 4 members (excludes halogenated alkanes) is 1. The lowest BCUT2D eigenvalue weighted by Crippen LogP contribution is -2.45. The summed E-state index contributed by atoms with van der Waals surface area (Å²) >= 11 is 0. The third kappa shape index (κ3) is 8.47. The molecule has 0 saturated carbocycles. The van der Waals surface area contributed by atoms with Gasteiger partial charge in [-0.25, -0.2) is 5.48 Å². The summed E-state index contributed by atoms with van der Waals surface area (Å²) in [5, 5.41) is 0. The molecule has 13 heavy (non-hydrogen) atoms. The van der Waals surface area contributed by atoms with Crippen LogP contribution in [0.1, 0.15) is 40.5 Å². The number of hydrogen-bond donors (Lipinski definition) is 1. The average molecular weight is 203 g/mol. The standard InChI is InChI=1S/C10H25NOSi/c1-7-8-9-13(5,6)12-11-10(2,3)4/h11H,7-9H2,1-6H3. The molecule has 0 rings (SSSR count). The molecule has 80 valence electrons. The first kappa shape index (κ1) is 13.1. The quantitative estimate of drug-likeness (QED) is 0.547. The van der Waals surface area contributed by atoms with E-state index in [-0.39, 0.29) is 5.54 Å². The normalized spacial score (nSPS) is 13.4. The number of nitrogens with one attached hydrogen (secondary N) is 1. The Morgan fingerprint density at radius 3 is 2.15 bits per heavy atom. The highest BCUT2D eigenvalue weighted by molar-refractivity contribution is 6.71. The highest BCUT2D eigenvalue weighted by atomic mass is 28.4. The van der Waals surface area contributed by atoms with Crippen LogP contribution in [0.4, 0.5) is 0 Å². The van der Waals surface area contributed by atoms with E-state index in [0.717, 1.165) is 0 Å².